The molecule has 0 bridgehead atoms. The maximum Gasteiger partial charge on any atom is 0.161 e. The van der Waals surface area contributed by atoms with E-state index in [1.54, 1.807) is 0 Å². The molecule has 2 aromatic heterocycles. The summed E-state index contributed by atoms with van der Waals surface area (Å²) in [5.41, 5.74) is 4.76. The van der Waals surface area contributed by atoms with Crippen LogP contribution >= 0.6 is 0 Å². The van der Waals surface area contributed by atoms with Crippen LogP contribution in [0.25, 0.3) is 44.0 Å². The Balaban J connectivity index is 0.000000260. The van der Waals surface area contributed by atoms with Crippen molar-refractivity contribution in [1.29, 1.82) is 0 Å². The summed E-state index contributed by atoms with van der Waals surface area (Å²) in [4.78, 5) is 15.6. The van der Waals surface area contributed by atoms with Gasteiger partial charge in [0.15, 0.2) is 5.78 Å². The van der Waals surface area contributed by atoms with Crippen LogP contribution in [0.15, 0.2) is 83.1 Å². The molecule has 0 aliphatic carbocycles. The summed E-state index contributed by atoms with van der Waals surface area (Å²) in [5, 5.41) is 13.7. The fraction of sp³-hybridized carbons (Fsp3) is 0.226. The van der Waals surface area contributed by atoms with E-state index in [0.29, 0.717) is 0 Å². The largest absolute Gasteiger partial charge is 0.512 e. The normalized spacial score (nSPS) is 11.6. The molecule has 0 fully saturated rings. The number of carbonyl (C=O) groups excluding carboxylic acids is 1. The van der Waals surface area contributed by atoms with Crippen molar-refractivity contribution in [2.45, 2.75) is 34.6 Å². The van der Waals surface area contributed by atoms with Gasteiger partial charge in [0.1, 0.15) is 5.58 Å². The number of fused-ring (bicyclic) bond motifs is 4. The summed E-state index contributed by atoms with van der Waals surface area (Å²) in [5.74, 6) is 0.161. The van der Waals surface area contributed by atoms with E-state index in [9.17, 15) is 9.90 Å². The van der Waals surface area contributed by atoms with Crippen LogP contribution < -0.4 is 0 Å². The third-order valence-electron chi connectivity index (χ3n) is 6.02. The molecule has 3 aromatic carbocycles. The van der Waals surface area contributed by atoms with Crippen molar-refractivity contribution in [3.05, 3.63) is 90.3 Å². The van der Waals surface area contributed by atoms with Gasteiger partial charge in [-0.15, -0.1) is 18.2 Å². The first-order chi connectivity index (χ1) is 16.8. The van der Waals surface area contributed by atoms with Crippen LogP contribution in [0.5, 0.6) is 0 Å². The number of rotatable bonds is 4. The molecule has 0 aliphatic rings. The minimum absolute atomic E-state index is 0. The molecule has 187 valence electrons. The van der Waals surface area contributed by atoms with Gasteiger partial charge in [-0.2, -0.15) is 0 Å². The number of aryl methyl sites for hydroxylation is 1. The number of aliphatic hydroxyl groups is 1. The average Bonchev–Trinajstić information content (AvgIpc) is 3.24. The Morgan fingerprint density at radius 1 is 0.917 bits per heavy atom. The van der Waals surface area contributed by atoms with Crippen molar-refractivity contribution in [2.75, 3.05) is 0 Å². The minimum atomic E-state index is -0.0316. The van der Waals surface area contributed by atoms with Crippen LogP contribution in [0.4, 0.5) is 0 Å². The average molecular weight is 657 g/mol. The molecule has 0 atom stereocenters. The van der Waals surface area contributed by atoms with Crippen molar-refractivity contribution >= 4 is 38.5 Å². The molecule has 0 spiro atoms. The van der Waals surface area contributed by atoms with E-state index in [2.05, 4.69) is 54.4 Å². The molecule has 5 rings (SSSR count). The summed E-state index contributed by atoms with van der Waals surface area (Å²) in [6.07, 6.45) is 3.16. The Bertz CT molecular complexity index is 1540. The Kier molecular flexibility index (Phi) is 8.84. The maximum absolute atomic E-state index is 11.0. The van der Waals surface area contributed by atoms with Crippen molar-refractivity contribution in [2.24, 2.45) is 11.8 Å². The molecule has 2 heterocycles. The van der Waals surface area contributed by atoms with Gasteiger partial charge in [0.05, 0.1) is 11.3 Å². The summed E-state index contributed by atoms with van der Waals surface area (Å²) >= 11 is 0. The van der Waals surface area contributed by atoms with Gasteiger partial charge in [0.2, 0.25) is 0 Å². The van der Waals surface area contributed by atoms with Gasteiger partial charge >= 0.3 is 0 Å². The number of carbonyl (C=O) groups is 1. The molecule has 5 heteroatoms. The molecule has 0 aliphatic heterocycles. The standard InChI is InChI=1S/C22H14NO.C9H16O2.Ir/c1-14-6-4-9-17-18-10-5-11-19(22(18)24-21(14)17)20-16-8-3-2-7-15(16)12-13-23-20;1-6(2)8(10)5-9(11)7(3)4;/h2-10,12-13H,1H3;5-7,10H,1-4H3;/q-1;;/b;8-5-;. The zero-order valence-corrected chi connectivity index (χ0v) is 23.5. The fourth-order valence-electron chi connectivity index (χ4n) is 3.88. The first-order valence-corrected chi connectivity index (χ1v) is 11.9. The van der Waals surface area contributed by atoms with Crippen molar-refractivity contribution < 1.29 is 34.4 Å². The number of aliphatic hydroxyl groups excluding tert-OH is 1. The van der Waals surface area contributed by atoms with Crippen LogP contribution in [-0.4, -0.2) is 15.9 Å². The maximum atomic E-state index is 11.0. The number of allylic oxidation sites excluding steroid dienone is 2. The molecule has 1 N–H and O–H groups in total. The van der Waals surface area contributed by atoms with E-state index in [-0.39, 0.29) is 43.5 Å². The quantitative estimate of drug-likeness (QED) is 0.120. The third-order valence-corrected chi connectivity index (χ3v) is 6.02. The number of nitrogens with zero attached hydrogens (tertiary/aromatic N) is 1. The van der Waals surface area contributed by atoms with Gasteiger partial charge in [-0.3, -0.25) is 4.79 Å². The smallest absolute Gasteiger partial charge is 0.161 e. The van der Waals surface area contributed by atoms with Crippen LogP contribution in [-0.2, 0) is 24.9 Å². The van der Waals surface area contributed by atoms with Crippen LogP contribution in [0.2, 0.25) is 0 Å². The SMILES string of the molecule is CC(C)C(=O)/C=C(\O)C(C)C.Cc1cccc2c1oc1c(-c3nccc4ccccc34)[c-]ccc12.[Ir]. The van der Waals surface area contributed by atoms with E-state index in [1.807, 2.05) is 58.2 Å². The van der Waals surface area contributed by atoms with E-state index >= 15 is 0 Å². The zero-order chi connectivity index (χ0) is 25.1. The molecule has 4 nitrogen and oxygen atoms in total. The fourth-order valence-corrected chi connectivity index (χ4v) is 3.88. The second kappa shape index (κ2) is 11.6. The summed E-state index contributed by atoms with van der Waals surface area (Å²) in [6, 6.07) is 23.9. The predicted octanol–water partition coefficient (Wildman–Crippen LogP) is 8.22. The van der Waals surface area contributed by atoms with Gasteiger partial charge in [-0.1, -0.05) is 81.1 Å². The topological polar surface area (TPSA) is 63.3 Å². The third kappa shape index (κ3) is 5.59. The molecule has 0 amide bonds. The monoisotopic (exact) mass is 657 g/mol. The number of hydrogen-bond acceptors (Lipinski definition) is 4. The Morgan fingerprint density at radius 3 is 2.33 bits per heavy atom. The molecular weight excluding hydrogens is 627 g/mol. The number of para-hydroxylation sites is 1. The minimum Gasteiger partial charge on any atom is -0.512 e. The number of benzene rings is 3. The zero-order valence-electron chi connectivity index (χ0n) is 21.1. The van der Waals surface area contributed by atoms with Crippen molar-refractivity contribution in [1.82, 2.24) is 4.98 Å². The molecule has 0 unspecified atom stereocenters. The van der Waals surface area contributed by atoms with Crippen LogP contribution in [0.1, 0.15) is 33.3 Å². The molecule has 1 radical (unpaired) electrons. The van der Waals surface area contributed by atoms with Gasteiger partial charge < -0.3 is 14.5 Å². The van der Waals surface area contributed by atoms with Crippen molar-refractivity contribution in [3.63, 3.8) is 0 Å². The van der Waals surface area contributed by atoms with Crippen molar-refractivity contribution in [3.8, 4) is 11.3 Å². The first-order valence-electron chi connectivity index (χ1n) is 11.9. The van der Waals surface area contributed by atoms with Gasteiger partial charge in [-0.05, 0) is 35.0 Å². The number of pyridine rings is 1. The molecule has 36 heavy (non-hydrogen) atoms. The van der Waals surface area contributed by atoms with E-state index < -0.39 is 0 Å². The van der Waals surface area contributed by atoms with Crippen LogP contribution in [0, 0.1) is 24.8 Å². The van der Waals surface area contributed by atoms with Gasteiger partial charge in [0, 0.05) is 49.6 Å². The summed E-state index contributed by atoms with van der Waals surface area (Å²) < 4.78 is 6.25. The molecule has 0 saturated heterocycles. The molecule has 5 aromatic rings. The Labute approximate surface area is 225 Å². The summed E-state index contributed by atoms with van der Waals surface area (Å²) in [6.45, 7) is 9.39. The van der Waals surface area contributed by atoms with Gasteiger partial charge in [-0.25, -0.2) is 0 Å². The molecular formula is C31H30IrNO3-. The number of ketones is 1. The van der Waals surface area contributed by atoms with Crippen LogP contribution in [0.3, 0.4) is 0 Å². The van der Waals surface area contributed by atoms with E-state index in [1.165, 1.54) is 11.5 Å². The second-order valence-corrected chi connectivity index (χ2v) is 9.31. The Hall–Kier alpha value is -3.27. The Morgan fingerprint density at radius 2 is 1.61 bits per heavy atom. The number of aromatic nitrogens is 1. The van der Waals surface area contributed by atoms with E-state index in [4.69, 9.17) is 4.42 Å². The second-order valence-electron chi connectivity index (χ2n) is 9.31. The van der Waals surface area contributed by atoms with E-state index in [0.717, 1.165) is 44.1 Å². The molecule has 0 saturated carbocycles. The summed E-state index contributed by atoms with van der Waals surface area (Å²) in [7, 11) is 0. The predicted molar refractivity (Wildman–Crippen MR) is 143 cm³/mol. The number of hydrogen-bond donors (Lipinski definition) is 1. The number of furan rings is 1. The first kappa shape index (κ1) is 27.3. The van der Waals surface area contributed by atoms with Gasteiger partial charge in [0.25, 0.3) is 0 Å².